The minimum Gasteiger partial charge on any atom is -0.496 e. The number of para-hydroxylation sites is 2. The molecular formula is C21H31NO2Si. The number of ether oxygens (including phenoxy) is 1. The van der Waals surface area contributed by atoms with Gasteiger partial charge in [-0.15, -0.1) is 0 Å². The fourth-order valence-electron chi connectivity index (χ4n) is 2.94. The number of methoxy groups -OCH3 is 1. The summed E-state index contributed by atoms with van der Waals surface area (Å²) < 4.78 is 12.2. The van der Waals surface area contributed by atoms with Crippen LogP contribution < -0.4 is 9.80 Å². The highest BCUT2D eigenvalue weighted by atomic mass is 28.4. The predicted octanol–water partition coefficient (Wildman–Crippen LogP) is 6.06. The zero-order valence-corrected chi connectivity index (χ0v) is 17.3. The molecule has 0 fully saturated rings. The topological polar surface area (TPSA) is 21.7 Å². The molecule has 0 heterocycles. The van der Waals surface area contributed by atoms with Crippen LogP contribution in [-0.4, -0.2) is 15.4 Å². The molecule has 3 nitrogen and oxygen atoms in total. The molecule has 4 heteroatoms. The van der Waals surface area contributed by atoms with E-state index in [1.807, 2.05) is 18.2 Å². The van der Waals surface area contributed by atoms with E-state index in [4.69, 9.17) is 9.26 Å². The van der Waals surface area contributed by atoms with Gasteiger partial charge in [-0.1, -0.05) is 56.7 Å². The molecule has 0 bridgehead atoms. The smallest absolute Gasteiger partial charge is 0.220 e. The Morgan fingerprint density at radius 1 is 0.960 bits per heavy atom. The van der Waals surface area contributed by atoms with E-state index < -0.39 is 8.32 Å². The van der Waals surface area contributed by atoms with E-state index in [-0.39, 0.29) is 6.04 Å². The minimum absolute atomic E-state index is 0.0928. The van der Waals surface area contributed by atoms with E-state index in [0.717, 1.165) is 17.9 Å². The van der Waals surface area contributed by atoms with Gasteiger partial charge in [0.1, 0.15) is 5.75 Å². The van der Waals surface area contributed by atoms with Gasteiger partial charge in [0.05, 0.1) is 18.8 Å². The van der Waals surface area contributed by atoms with Crippen LogP contribution in [0.2, 0.25) is 19.6 Å². The average molecular weight is 358 g/mol. The van der Waals surface area contributed by atoms with Crippen LogP contribution in [-0.2, 0) is 4.53 Å². The van der Waals surface area contributed by atoms with Gasteiger partial charge >= 0.3 is 0 Å². The van der Waals surface area contributed by atoms with Crippen LogP contribution in [0.3, 0.4) is 0 Å². The number of nitrogens with zero attached hydrogens (tertiary/aromatic N) is 1. The minimum atomic E-state index is -1.80. The van der Waals surface area contributed by atoms with Gasteiger partial charge in [-0.25, -0.2) is 0 Å². The monoisotopic (exact) mass is 357 g/mol. The Balaban J connectivity index is 2.57. The first-order valence-corrected chi connectivity index (χ1v) is 12.4. The highest BCUT2D eigenvalue weighted by Crippen LogP contribution is 2.39. The summed E-state index contributed by atoms with van der Waals surface area (Å²) in [5.41, 5.74) is 2.25. The highest BCUT2D eigenvalue weighted by molar-refractivity contribution is 6.69. The first kappa shape index (κ1) is 19.5. The first-order valence-electron chi connectivity index (χ1n) is 9.03. The predicted molar refractivity (Wildman–Crippen MR) is 109 cm³/mol. The van der Waals surface area contributed by atoms with Crippen molar-refractivity contribution in [3.8, 4) is 5.75 Å². The Morgan fingerprint density at radius 3 is 2.12 bits per heavy atom. The molecular weight excluding hydrogens is 326 g/mol. The molecule has 25 heavy (non-hydrogen) atoms. The quantitative estimate of drug-likeness (QED) is 0.423. The summed E-state index contributed by atoms with van der Waals surface area (Å²) in [6, 6.07) is 18.8. The third-order valence-electron chi connectivity index (χ3n) is 4.28. The lowest BCUT2D eigenvalue weighted by Gasteiger charge is -2.40. The second-order valence-corrected chi connectivity index (χ2v) is 11.8. The molecule has 0 aliphatic heterocycles. The van der Waals surface area contributed by atoms with Crippen LogP contribution in [0.15, 0.2) is 54.6 Å². The molecule has 0 N–H and O–H groups in total. The van der Waals surface area contributed by atoms with Crippen molar-refractivity contribution in [1.82, 2.24) is 0 Å². The van der Waals surface area contributed by atoms with Gasteiger partial charge < -0.3 is 9.26 Å². The van der Waals surface area contributed by atoms with Crippen molar-refractivity contribution in [1.29, 1.82) is 0 Å². The molecule has 0 aliphatic carbocycles. The maximum absolute atomic E-state index is 6.58. The molecule has 0 aliphatic rings. The molecule has 0 saturated carbocycles. The van der Waals surface area contributed by atoms with E-state index in [9.17, 15) is 0 Å². The molecule has 2 rings (SSSR count). The highest BCUT2D eigenvalue weighted by Gasteiger charge is 2.32. The van der Waals surface area contributed by atoms with Crippen LogP contribution >= 0.6 is 0 Å². The normalized spacial score (nSPS) is 14.0. The van der Waals surface area contributed by atoms with Gasteiger partial charge in [0.2, 0.25) is 8.32 Å². The van der Waals surface area contributed by atoms with E-state index in [1.165, 1.54) is 5.56 Å². The van der Waals surface area contributed by atoms with Crippen LogP contribution in [0.1, 0.15) is 31.9 Å². The van der Waals surface area contributed by atoms with E-state index in [0.29, 0.717) is 5.92 Å². The number of hydrogen-bond acceptors (Lipinski definition) is 3. The number of anilines is 1. The zero-order valence-electron chi connectivity index (χ0n) is 16.3. The Hall–Kier alpha value is -1.78. The molecule has 2 aromatic carbocycles. The number of hydroxylamine groups is 1. The molecule has 0 saturated heterocycles. The van der Waals surface area contributed by atoms with Crippen molar-refractivity contribution in [3.05, 3.63) is 60.2 Å². The Labute approximate surface area is 153 Å². The van der Waals surface area contributed by atoms with Crippen molar-refractivity contribution in [2.75, 3.05) is 12.2 Å². The Morgan fingerprint density at radius 2 is 1.56 bits per heavy atom. The van der Waals surface area contributed by atoms with Crippen LogP contribution in [0.25, 0.3) is 0 Å². The molecule has 136 valence electrons. The van der Waals surface area contributed by atoms with E-state index in [1.54, 1.807) is 7.11 Å². The average Bonchev–Trinajstić information content (AvgIpc) is 2.61. The number of rotatable bonds is 8. The summed E-state index contributed by atoms with van der Waals surface area (Å²) >= 11 is 0. The molecule has 2 aromatic rings. The van der Waals surface area contributed by atoms with Gasteiger partial charge in [-0.2, -0.15) is 0 Å². The summed E-state index contributed by atoms with van der Waals surface area (Å²) in [6.07, 6.45) is 1.06. The second-order valence-electron chi connectivity index (χ2n) is 7.44. The Bertz CT molecular complexity index is 654. The van der Waals surface area contributed by atoms with Crippen molar-refractivity contribution in [3.63, 3.8) is 0 Å². The molecule has 0 aromatic heterocycles. The summed E-state index contributed by atoms with van der Waals surface area (Å²) in [7, 11) is -0.0650. The lowest BCUT2D eigenvalue weighted by atomic mass is 9.91. The van der Waals surface area contributed by atoms with Crippen molar-refractivity contribution in [2.45, 2.75) is 46.0 Å². The standard InChI is InChI=1S/C21H31NO2Si/c1-7-17(2)21(19-15-11-12-16-20(19)23-3)22(24-25(4,5)6)18-13-9-8-10-14-18/h8-17,21H,7H2,1-6H3. The van der Waals surface area contributed by atoms with Gasteiger partial charge in [0.25, 0.3) is 0 Å². The lowest BCUT2D eigenvalue weighted by Crippen LogP contribution is -2.42. The molecule has 0 amide bonds. The summed E-state index contributed by atoms with van der Waals surface area (Å²) in [6.45, 7) is 11.2. The summed E-state index contributed by atoms with van der Waals surface area (Å²) in [4.78, 5) is 0. The molecule has 0 radical (unpaired) electrons. The van der Waals surface area contributed by atoms with Crippen molar-refractivity contribution >= 4 is 14.0 Å². The summed E-state index contributed by atoms with van der Waals surface area (Å²) in [5, 5.41) is 2.12. The van der Waals surface area contributed by atoms with E-state index in [2.05, 4.69) is 74.9 Å². The number of benzene rings is 2. The van der Waals surface area contributed by atoms with Crippen molar-refractivity contribution < 1.29 is 9.26 Å². The summed E-state index contributed by atoms with van der Waals surface area (Å²) in [5.74, 6) is 1.32. The van der Waals surface area contributed by atoms with Crippen LogP contribution in [0.4, 0.5) is 5.69 Å². The van der Waals surface area contributed by atoms with Crippen LogP contribution in [0.5, 0.6) is 5.75 Å². The van der Waals surface area contributed by atoms with Gasteiger partial charge in [-0.05, 0) is 43.8 Å². The zero-order chi connectivity index (χ0) is 18.4. The molecule has 2 atom stereocenters. The Kier molecular flexibility index (Phi) is 6.68. The fourth-order valence-corrected chi connectivity index (χ4v) is 3.75. The first-order chi connectivity index (χ1) is 11.9. The number of hydrogen-bond donors (Lipinski definition) is 0. The second kappa shape index (κ2) is 8.54. The largest absolute Gasteiger partial charge is 0.496 e. The maximum atomic E-state index is 6.58. The third-order valence-corrected chi connectivity index (χ3v) is 5.02. The van der Waals surface area contributed by atoms with Crippen LogP contribution in [0, 0.1) is 5.92 Å². The molecule has 2 unspecified atom stereocenters. The molecule has 0 spiro atoms. The maximum Gasteiger partial charge on any atom is 0.220 e. The third kappa shape index (κ3) is 5.09. The lowest BCUT2D eigenvalue weighted by molar-refractivity contribution is 0.197. The SMILES string of the molecule is CCC(C)C(c1ccccc1OC)N(O[Si](C)(C)C)c1ccccc1. The van der Waals surface area contributed by atoms with Gasteiger partial charge in [0, 0.05) is 5.56 Å². The van der Waals surface area contributed by atoms with E-state index >= 15 is 0 Å². The van der Waals surface area contributed by atoms with Gasteiger partial charge in [-0.3, -0.25) is 5.06 Å². The van der Waals surface area contributed by atoms with Gasteiger partial charge in [0.15, 0.2) is 0 Å². The van der Waals surface area contributed by atoms with Crippen molar-refractivity contribution in [2.24, 2.45) is 5.92 Å². The fraction of sp³-hybridized carbons (Fsp3) is 0.429.